The van der Waals surface area contributed by atoms with E-state index in [-0.39, 0.29) is 48.8 Å². The van der Waals surface area contributed by atoms with Crippen LogP contribution in [0.4, 0.5) is 0 Å². The molecule has 2 unspecified atom stereocenters. The highest BCUT2D eigenvalue weighted by molar-refractivity contribution is 6.00. The van der Waals surface area contributed by atoms with Crippen LogP contribution in [0.2, 0.25) is 0 Å². The van der Waals surface area contributed by atoms with Gasteiger partial charge in [-0.25, -0.2) is 0 Å². The van der Waals surface area contributed by atoms with E-state index in [0.29, 0.717) is 32.1 Å². The number of aliphatic carboxylic acids is 1. The van der Waals surface area contributed by atoms with Gasteiger partial charge in [0.1, 0.15) is 5.78 Å². The highest BCUT2D eigenvalue weighted by Crippen LogP contribution is 2.71. The van der Waals surface area contributed by atoms with Gasteiger partial charge in [-0.15, -0.1) is 0 Å². The molecule has 0 saturated heterocycles. The topological polar surface area (TPSA) is 132 Å². The van der Waals surface area contributed by atoms with Crippen molar-refractivity contribution in [3.05, 3.63) is 11.1 Å². The number of aliphatic hydroxyl groups excluding tert-OH is 3. The van der Waals surface area contributed by atoms with Gasteiger partial charge < -0.3 is 20.4 Å². The largest absolute Gasteiger partial charge is 0.481 e. The Kier molecular flexibility index (Phi) is 7.12. The van der Waals surface area contributed by atoms with Gasteiger partial charge in [-0.1, -0.05) is 47.1 Å². The minimum atomic E-state index is -0.981. The van der Waals surface area contributed by atoms with E-state index in [4.69, 9.17) is 0 Å². The van der Waals surface area contributed by atoms with Crippen molar-refractivity contribution in [3.8, 4) is 0 Å². The third-order valence-corrected chi connectivity index (χ3v) is 11.9. The number of Topliss-reactive ketones (excluding diaryl/α,β-unsaturated/α-hetero) is 2. The number of carbonyl (C=O) groups excluding carboxylic acids is 2. The van der Waals surface area contributed by atoms with Gasteiger partial charge in [-0.2, -0.15) is 0 Å². The first-order valence-electron chi connectivity index (χ1n) is 14.1. The van der Waals surface area contributed by atoms with Gasteiger partial charge in [0.25, 0.3) is 0 Å². The van der Waals surface area contributed by atoms with Crippen LogP contribution in [0.3, 0.4) is 0 Å². The van der Waals surface area contributed by atoms with Crippen molar-refractivity contribution < 1.29 is 34.8 Å². The summed E-state index contributed by atoms with van der Waals surface area (Å²) in [6.07, 6.45) is 2.40. The number of aliphatic hydroxyl groups is 3. The van der Waals surface area contributed by atoms with E-state index in [1.807, 2.05) is 13.8 Å². The zero-order chi connectivity index (χ0) is 27.7. The van der Waals surface area contributed by atoms with Gasteiger partial charge in [-0.05, 0) is 60.7 Å². The number of fused-ring (bicyclic) bond motifs is 4. The van der Waals surface area contributed by atoms with Gasteiger partial charge in [-0.3, -0.25) is 14.4 Å². The van der Waals surface area contributed by atoms with Gasteiger partial charge in [0.2, 0.25) is 0 Å². The highest BCUT2D eigenvalue weighted by Gasteiger charge is 2.68. The Morgan fingerprint density at radius 2 is 1.68 bits per heavy atom. The maximum atomic E-state index is 14.1. The molecule has 7 nitrogen and oxygen atoms in total. The van der Waals surface area contributed by atoms with E-state index >= 15 is 0 Å². The monoisotopic (exact) mass is 518 g/mol. The Morgan fingerprint density at radius 1 is 1.03 bits per heavy atom. The van der Waals surface area contributed by atoms with Crippen LogP contribution in [0.5, 0.6) is 0 Å². The number of carboxylic acid groups (broad SMARTS) is 1. The zero-order valence-electron chi connectivity index (χ0n) is 23.3. The summed E-state index contributed by atoms with van der Waals surface area (Å²) >= 11 is 0. The van der Waals surface area contributed by atoms with Crippen LogP contribution in [-0.4, -0.2) is 56.8 Å². The summed E-state index contributed by atoms with van der Waals surface area (Å²) in [7, 11) is 0. The Balaban J connectivity index is 1.70. The summed E-state index contributed by atoms with van der Waals surface area (Å²) in [5.41, 5.74) is -0.377. The van der Waals surface area contributed by atoms with E-state index in [0.717, 1.165) is 17.6 Å². The minimum absolute atomic E-state index is 0.00756. The van der Waals surface area contributed by atoms with Gasteiger partial charge in [0, 0.05) is 35.7 Å². The fraction of sp³-hybridized carbons (Fsp3) is 0.833. The first-order valence-corrected chi connectivity index (χ1v) is 14.1. The molecule has 4 N–H and O–H groups in total. The van der Waals surface area contributed by atoms with Crippen LogP contribution in [0, 0.1) is 45.3 Å². The third kappa shape index (κ3) is 3.89. The molecule has 0 aliphatic heterocycles. The Morgan fingerprint density at radius 3 is 2.27 bits per heavy atom. The molecular formula is C30H46O7. The Hall–Kier alpha value is -1.57. The molecule has 7 heteroatoms. The molecule has 0 aromatic rings. The average molecular weight is 519 g/mol. The summed E-state index contributed by atoms with van der Waals surface area (Å²) in [4.78, 5) is 38.0. The molecule has 2 saturated carbocycles. The van der Waals surface area contributed by atoms with Crippen molar-refractivity contribution in [1.82, 2.24) is 0 Å². The van der Waals surface area contributed by atoms with Crippen LogP contribution in [0.15, 0.2) is 11.1 Å². The third-order valence-electron chi connectivity index (χ3n) is 11.9. The van der Waals surface area contributed by atoms with Gasteiger partial charge in [0.15, 0.2) is 5.78 Å². The maximum Gasteiger partial charge on any atom is 0.306 e. The second kappa shape index (κ2) is 9.27. The number of hydrogen-bond acceptors (Lipinski definition) is 6. The summed E-state index contributed by atoms with van der Waals surface area (Å²) in [5.74, 6) is -1.84. The SMILES string of the molecule is CC(CC(=O)CC(C)[C@H]1C[C@H](O)[C@@]2(C)C3=C(C(=O)C[C@]12C)[C@@]1(C)CC[C@H](O)[C@](C)(CO)[C@@H]1CC3)C(=O)O. The van der Waals surface area contributed by atoms with Crippen molar-refractivity contribution >= 4 is 17.5 Å². The summed E-state index contributed by atoms with van der Waals surface area (Å²) in [6, 6.07) is 0. The molecule has 4 aliphatic rings. The molecule has 0 heterocycles. The van der Waals surface area contributed by atoms with Gasteiger partial charge >= 0.3 is 5.97 Å². The van der Waals surface area contributed by atoms with Gasteiger partial charge in [0.05, 0.1) is 24.7 Å². The normalized spacial score (nSPS) is 45.1. The van der Waals surface area contributed by atoms with Crippen molar-refractivity contribution in [1.29, 1.82) is 0 Å². The summed E-state index contributed by atoms with van der Waals surface area (Å²) in [6.45, 7) is 11.7. The molecular weight excluding hydrogens is 472 g/mol. The lowest BCUT2D eigenvalue weighted by atomic mass is 9.42. The minimum Gasteiger partial charge on any atom is -0.481 e. The first kappa shape index (κ1) is 28.4. The van der Waals surface area contributed by atoms with Crippen molar-refractivity contribution in [2.45, 2.75) is 105 Å². The molecule has 4 aliphatic carbocycles. The lowest BCUT2D eigenvalue weighted by Crippen LogP contribution is -2.59. The second-order valence-electron chi connectivity index (χ2n) is 13.8. The Bertz CT molecular complexity index is 1020. The number of carbonyl (C=O) groups is 3. The van der Waals surface area contributed by atoms with Crippen LogP contribution in [0.1, 0.15) is 92.9 Å². The molecule has 0 bridgehead atoms. The molecule has 0 aromatic heterocycles. The van der Waals surface area contributed by atoms with Crippen LogP contribution in [0.25, 0.3) is 0 Å². The summed E-state index contributed by atoms with van der Waals surface area (Å²) < 4.78 is 0. The molecule has 37 heavy (non-hydrogen) atoms. The van der Waals surface area contributed by atoms with Crippen LogP contribution < -0.4 is 0 Å². The van der Waals surface area contributed by atoms with E-state index < -0.39 is 45.8 Å². The quantitative estimate of drug-likeness (QED) is 0.401. The zero-order valence-corrected chi connectivity index (χ0v) is 23.3. The number of carboxylic acids is 1. The van der Waals surface area contributed by atoms with Crippen molar-refractivity contribution in [3.63, 3.8) is 0 Å². The van der Waals surface area contributed by atoms with Crippen molar-refractivity contribution in [2.24, 2.45) is 45.3 Å². The lowest BCUT2D eigenvalue weighted by Gasteiger charge is -2.61. The predicted molar refractivity (Wildman–Crippen MR) is 138 cm³/mol. The molecule has 0 aromatic carbocycles. The molecule has 4 rings (SSSR count). The molecule has 208 valence electrons. The number of hydrogen-bond donors (Lipinski definition) is 4. The number of rotatable bonds is 7. The highest BCUT2D eigenvalue weighted by atomic mass is 16.4. The predicted octanol–water partition coefficient (Wildman–Crippen LogP) is 3.92. The number of allylic oxidation sites excluding steroid dienone is 1. The Labute approximate surface area is 220 Å². The second-order valence-corrected chi connectivity index (χ2v) is 13.8. The lowest BCUT2D eigenvalue weighted by molar-refractivity contribution is -0.144. The fourth-order valence-electron chi connectivity index (χ4n) is 9.49. The standard InChI is InChI=1S/C30H46O7/c1-16(11-18(32)12-17(2)26(36)37)20-13-24(35)30(6)19-7-8-22-27(3,10-9-23(34)28(22,4)15-31)25(19)21(33)14-29(20,30)5/h16-17,20,22-24,31,34-35H,7-15H2,1-6H3,(H,36,37)/t16?,17?,20-,22-,23+,24+,27+,28-,29-,30-/m1/s1. The fourth-order valence-corrected chi connectivity index (χ4v) is 9.49. The van der Waals surface area contributed by atoms with E-state index in [2.05, 4.69) is 20.8 Å². The van der Waals surface area contributed by atoms with E-state index in [9.17, 15) is 34.8 Å². The maximum absolute atomic E-state index is 14.1. The van der Waals surface area contributed by atoms with E-state index in [1.54, 1.807) is 6.92 Å². The van der Waals surface area contributed by atoms with Crippen LogP contribution >= 0.6 is 0 Å². The first-order chi connectivity index (χ1) is 17.1. The molecule has 0 radical (unpaired) electrons. The van der Waals surface area contributed by atoms with Crippen molar-refractivity contribution in [2.75, 3.05) is 6.61 Å². The van der Waals surface area contributed by atoms with E-state index in [1.165, 1.54) is 0 Å². The molecule has 0 amide bonds. The molecule has 0 spiro atoms. The molecule has 2 fully saturated rings. The average Bonchev–Trinajstić information content (AvgIpc) is 3.02. The number of ketones is 2. The van der Waals surface area contributed by atoms with Crippen LogP contribution in [-0.2, 0) is 14.4 Å². The smallest absolute Gasteiger partial charge is 0.306 e. The summed E-state index contributed by atoms with van der Waals surface area (Å²) in [5, 5.41) is 41.9. The molecule has 10 atom stereocenters.